The molecular weight excluding hydrogens is 276 g/mol. The van der Waals surface area contributed by atoms with Crippen LogP contribution in [0.25, 0.3) is 0 Å². The van der Waals surface area contributed by atoms with E-state index in [1.165, 1.54) is 12.3 Å². The predicted octanol–water partition coefficient (Wildman–Crippen LogP) is 2.23. The normalized spacial score (nSPS) is 10.2. The molecule has 0 atom stereocenters. The fraction of sp³-hybridized carbons (Fsp3) is 0.250. The van der Waals surface area contributed by atoms with Crippen LogP contribution in [0.3, 0.4) is 0 Å². The second kappa shape index (κ2) is 5.01. The molecule has 1 rings (SSSR count). The molecule has 0 unspecified atom stereocenters. The first-order valence-corrected chi connectivity index (χ1v) is 4.52. The lowest BCUT2D eigenvalue weighted by Gasteiger charge is -2.08. The Labute approximate surface area is 92.3 Å². The zero-order valence-corrected chi connectivity index (χ0v) is 9.12. The number of aromatic nitrogens is 1. The van der Waals surface area contributed by atoms with Gasteiger partial charge in [-0.1, -0.05) is 0 Å². The van der Waals surface area contributed by atoms with Crippen molar-refractivity contribution in [1.29, 1.82) is 0 Å². The quantitative estimate of drug-likeness (QED) is 0.798. The van der Waals surface area contributed by atoms with E-state index >= 15 is 0 Å². The molecule has 0 aliphatic heterocycles. The molecule has 0 N–H and O–H groups in total. The summed E-state index contributed by atoms with van der Waals surface area (Å²) in [5.74, 6) is -1.16. The van der Waals surface area contributed by atoms with Crippen molar-refractivity contribution in [1.82, 2.24) is 4.98 Å². The minimum Gasteiger partial charge on any atom is -0.464 e. The number of halogens is 3. The molecule has 0 aromatic carbocycles. The third-order valence-corrected chi connectivity index (χ3v) is 1.85. The summed E-state index contributed by atoms with van der Waals surface area (Å²) in [5.41, 5.74) is -0.291. The van der Waals surface area contributed by atoms with Crippen molar-refractivity contribution in [2.24, 2.45) is 0 Å². The SMILES string of the molecule is COC(=O)c1ncc(Br)cc1OC(F)F. The van der Waals surface area contributed by atoms with Crippen LogP contribution in [0.1, 0.15) is 10.5 Å². The molecule has 15 heavy (non-hydrogen) atoms. The Morgan fingerprint density at radius 2 is 2.27 bits per heavy atom. The highest BCUT2D eigenvalue weighted by Crippen LogP contribution is 2.23. The van der Waals surface area contributed by atoms with E-state index in [1.807, 2.05) is 0 Å². The summed E-state index contributed by atoms with van der Waals surface area (Å²) in [7, 11) is 1.12. The van der Waals surface area contributed by atoms with Gasteiger partial charge in [0.25, 0.3) is 0 Å². The first-order chi connectivity index (χ1) is 7.04. The van der Waals surface area contributed by atoms with Gasteiger partial charge in [-0.15, -0.1) is 0 Å². The first-order valence-electron chi connectivity index (χ1n) is 3.73. The molecule has 4 nitrogen and oxygen atoms in total. The molecule has 0 radical (unpaired) electrons. The van der Waals surface area contributed by atoms with E-state index in [1.54, 1.807) is 0 Å². The van der Waals surface area contributed by atoms with Crippen LogP contribution < -0.4 is 4.74 Å². The van der Waals surface area contributed by atoms with Gasteiger partial charge >= 0.3 is 12.6 Å². The predicted molar refractivity (Wildman–Crippen MR) is 49.9 cm³/mol. The summed E-state index contributed by atoms with van der Waals surface area (Å²) in [6.45, 7) is -3.02. The van der Waals surface area contributed by atoms with Crippen molar-refractivity contribution in [2.75, 3.05) is 7.11 Å². The summed E-state index contributed by atoms with van der Waals surface area (Å²) < 4.78 is 32.9. The van der Waals surface area contributed by atoms with Crippen LogP contribution >= 0.6 is 15.9 Å². The van der Waals surface area contributed by atoms with Crippen LogP contribution in [0.2, 0.25) is 0 Å². The molecule has 0 fully saturated rings. The van der Waals surface area contributed by atoms with Crippen LogP contribution in [0.15, 0.2) is 16.7 Å². The molecule has 0 amide bonds. The fourth-order valence-corrected chi connectivity index (χ4v) is 1.17. The molecule has 0 spiro atoms. The van der Waals surface area contributed by atoms with Gasteiger partial charge in [-0.25, -0.2) is 9.78 Å². The number of methoxy groups -OCH3 is 1. The molecule has 7 heteroatoms. The summed E-state index contributed by atoms with van der Waals surface area (Å²) in [6, 6.07) is 1.21. The number of pyridine rings is 1. The van der Waals surface area contributed by atoms with E-state index < -0.39 is 12.6 Å². The fourth-order valence-electron chi connectivity index (χ4n) is 0.856. The van der Waals surface area contributed by atoms with Gasteiger partial charge in [0.15, 0.2) is 11.4 Å². The smallest absolute Gasteiger partial charge is 0.387 e. The van der Waals surface area contributed by atoms with Gasteiger partial charge in [-0.05, 0) is 22.0 Å². The molecule has 1 aromatic rings. The molecule has 0 aliphatic rings. The van der Waals surface area contributed by atoms with E-state index in [2.05, 4.69) is 30.4 Å². The number of nitrogens with zero attached hydrogens (tertiary/aromatic N) is 1. The van der Waals surface area contributed by atoms with E-state index in [-0.39, 0.29) is 11.4 Å². The second-order valence-corrected chi connectivity index (χ2v) is 3.29. The third-order valence-electron chi connectivity index (χ3n) is 1.41. The van der Waals surface area contributed by atoms with Crippen LogP contribution in [0, 0.1) is 0 Å². The van der Waals surface area contributed by atoms with Gasteiger partial charge in [0.1, 0.15) is 0 Å². The van der Waals surface area contributed by atoms with E-state index in [0.717, 1.165) is 7.11 Å². The second-order valence-electron chi connectivity index (χ2n) is 2.37. The Bertz CT molecular complexity index is 373. The Morgan fingerprint density at radius 3 is 2.80 bits per heavy atom. The lowest BCUT2D eigenvalue weighted by molar-refractivity contribution is -0.0507. The summed E-state index contributed by atoms with van der Waals surface area (Å²) in [6.07, 6.45) is 1.28. The summed E-state index contributed by atoms with van der Waals surface area (Å²) >= 11 is 3.02. The molecule has 0 bridgehead atoms. The Kier molecular flexibility index (Phi) is 3.96. The Balaban J connectivity index is 3.08. The number of alkyl halides is 2. The molecule has 0 saturated heterocycles. The largest absolute Gasteiger partial charge is 0.464 e. The van der Waals surface area contributed by atoms with Gasteiger partial charge in [-0.2, -0.15) is 8.78 Å². The highest BCUT2D eigenvalue weighted by molar-refractivity contribution is 9.10. The lowest BCUT2D eigenvalue weighted by Crippen LogP contribution is -2.11. The number of rotatable bonds is 3. The van der Waals surface area contributed by atoms with Crippen molar-refractivity contribution < 1.29 is 23.0 Å². The molecule has 1 aromatic heterocycles. The molecular formula is C8H6BrF2NO3. The average Bonchev–Trinajstić information content (AvgIpc) is 2.16. The Morgan fingerprint density at radius 1 is 1.60 bits per heavy atom. The number of carbonyl (C=O) groups excluding carboxylic acids is 1. The number of carbonyl (C=O) groups is 1. The summed E-state index contributed by atoms with van der Waals surface area (Å²) in [4.78, 5) is 14.7. The molecule has 0 saturated carbocycles. The van der Waals surface area contributed by atoms with E-state index in [0.29, 0.717) is 4.47 Å². The zero-order chi connectivity index (χ0) is 11.4. The van der Waals surface area contributed by atoms with Crippen LogP contribution in [0.4, 0.5) is 8.78 Å². The van der Waals surface area contributed by atoms with Crippen LogP contribution in [0.5, 0.6) is 5.75 Å². The van der Waals surface area contributed by atoms with E-state index in [4.69, 9.17) is 0 Å². The standard InChI is InChI=1S/C8H6BrF2NO3/c1-14-7(13)6-5(15-8(10)11)2-4(9)3-12-6/h2-3,8H,1H3. The first kappa shape index (κ1) is 11.8. The number of ether oxygens (including phenoxy) is 2. The van der Waals surface area contributed by atoms with Crippen molar-refractivity contribution in [3.63, 3.8) is 0 Å². The molecule has 1 heterocycles. The van der Waals surface area contributed by atoms with Gasteiger partial charge in [0.05, 0.1) is 7.11 Å². The van der Waals surface area contributed by atoms with Crippen molar-refractivity contribution in [3.8, 4) is 5.75 Å². The number of hydrogen-bond acceptors (Lipinski definition) is 4. The number of esters is 1. The topological polar surface area (TPSA) is 48.4 Å². The highest BCUT2D eigenvalue weighted by atomic mass is 79.9. The summed E-state index contributed by atoms with van der Waals surface area (Å²) in [5, 5.41) is 0. The highest BCUT2D eigenvalue weighted by Gasteiger charge is 2.18. The Hall–Kier alpha value is -1.24. The van der Waals surface area contributed by atoms with E-state index in [9.17, 15) is 13.6 Å². The number of hydrogen-bond donors (Lipinski definition) is 0. The van der Waals surface area contributed by atoms with Crippen molar-refractivity contribution in [3.05, 3.63) is 22.4 Å². The minimum absolute atomic E-state index is 0.291. The van der Waals surface area contributed by atoms with Crippen LogP contribution in [-0.2, 0) is 4.74 Å². The van der Waals surface area contributed by atoms with Gasteiger partial charge < -0.3 is 9.47 Å². The van der Waals surface area contributed by atoms with Gasteiger partial charge in [0, 0.05) is 10.7 Å². The average molecular weight is 282 g/mol. The van der Waals surface area contributed by atoms with Crippen LogP contribution in [-0.4, -0.2) is 24.7 Å². The zero-order valence-electron chi connectivity index (χ0n) is 7.54. The maximum absolute atomic E-state index is 12.0. The maximum Gasteiger partial charge on any atom is 0.387 e. The lowest BCUT2D eigenvalue weighted by atomic mass is 10.3. The monoisotopic (exact) mass is 281 g/mol. The minimum atomic E-state index is -3.02. The molecule has 82 valence electrons. The third kappa shape index (κ3) is 3.12. The van der Waals surface area contributed by atoms with Gasteiger partial charge in [-0.3, -0.25) is 0 Å². The molecule has 0 aliphatic carbocycles. The van der Waals surface area contributed by atoms with Crippen molar-refractivity contribution >= 4 is 21.9 Å². The van der Waals surface area contributed by atoms with Crippen molar-refractivity contribution in [2.45, 2.75) is 6.61 Å². The van der Waals surface area contributed by atoms with Gasteiger partial charge in [0.2, 0.25) is 0 Å². The maximum atomic E-state index is 12.0.